The molecule has 1 aliphatic carbocycles. The third-order valence-electron chi connectivity index (χ3n) is 4.10. The highest BCUT2D eigenvalue weighted by Crippen LogP contribution is 2.46. The van der Waals surface area contributed by atoms with Crippen LogP contribution >= 0.6 is 27.5 Å². The van der Waals surface area contributed by atoms with Crippen LogP contribution in [-0.4, -0.2) is 19.8 Å². The van der Waals surface area contributed by atoms with Gasteiger partial charge in [-0.25, -0.2) is 0 Å². The molecule has 1 atom stereocenters. The van der Waals surface area contributed by atoms with E-state index < -0.39 is 0 Å². The molecule has 0 heterocycles. The fourth-order valence-corrected chi connectivity index (χ4v) is 3.40. The van der Waals surface area contributed by atoms with Crippen LogP contribution in [0.25, 0.3) is 0 Å². The first-order chi connectivity index (χ1) is 9.01. The van der Waals surface area contributed by atoms with Gasteiger partial charge in [0.25, 0.3) is 0 Å². The van der Waals surface area contributed by atoms with Crippen LogP contribution in [0.3, 0.4) is 0 Å². The van der Waals surface area contributed by atoms with Gasteiger partial charge in [-0.1, -0.05) is 15.9 Å². The molecular weight excluding hydrogens is 328 g/mol. The van der Waals surface area contributed by atoms with Gasteiger partial charge in [0.2, 0.25) is 0 Å². The summed E-state index contributed by atoms with van der Waals surface area (Å²) in [5.74, 6) is 0.853. The Morgan fingerprint density at radius 1 is 1.37 bits per heavy atom. The van der Waals surface area contributed by atoms with Crippen LogP contribution in [0.5, 0.6) is 5.75 Å². The zero-order valence-corrected chi connectivity index (χ0v) is 14.0. The summed E-state index contributed by atoms with van der Waals surface area (Å²) in [7, 11) is 3.47. The van der Waals surface area contributed by atoms with E-state index in [0.717, 1.165) is 40.6 Å². The summed E-state index contributed by atoms with van der Waals surface area (Å²) in [6.07, 6.45) is 4.26. The molecule has 0 spiro atoms. The first-order valence-corrected chi connectivity index (χ1v) is 7.77. The number of methoxy groups -OCH3 is 2. The van der Waals surface area contributed by atoms with Gasteiger partial charge < -0.3 is 9.47 Å². The molecule has 0 radical (unpaired) electrons. The molecule has 1 aromatic carbocycles. The molecule has 1 fully saturated rings. The number of rotatable bonds is 5. The highest BCUT2D eigenvalue weighted by molar-refractivity contribution is 9.10. The molecule has 0 N–H and O–H groups in total. The van der Waals surface area contributed by atoms with Crippen LogP contribution in [0.4, 0.5) is 0 Å². The largest absolute Gasteiger partial charge is 0.496 e. The third kappa shape index (κ3) is 3.09. The number of ether oxygens (including phenoxy) is 2. The van der Waals surface area contributed by atoms with Crippen LogP contribution in [0.1, 0.15) is 42.2 Å². The van der Waals surface area contributed by atoms with Gasteiger partial charge >= 0.3 is 0 Å². The summed E-state index contributed by atoms with van der Waals surface area (Å²) < 4.78 is 12.2. The summed E-state index contributed by atoms with van der Waals surface area (Å²) in [4.78, 5) is 0. The molecule has 0 saturated heterocycles. The molecule has 2 nitrogen and oxygen atoms in total. The maximum Gasteiger partial charge on any atom is 0.123 e. The van der Waals surface area contributed by atoms with Crippen LogP contribution in [-0.2, 0) is 4.74 Å². The predicted molar refractivity (Wildman–Crippen MR) is 82.2 cm³/mol. The molecule has 1 aliphatic rings. The second-order valence-electron chi connectivity index (χ2n) is 5.26. The van der Waals surface area contributed by atoms with Gasteiger partial charge in [0.15, 0.2) is 0 Å². The van der Waals surface area contributed by atoms with E-state index in [1.54, 1.807) is 14.2 Å². The van der Waals surface area contributed by atoms with E-state index in [0.29, 0.717) is 0 Å². The van der Waals surface area contributed by atoms with Gasteiger partial charge in [-0.2, -0.15) is 0 Å². The Labute approximate surface area is 128 Å². The van der Waals surface area contributed by atoms with Crippen molar-refractivity contribution in [1.82, 2.24) is 0 Å². The number of benzene rings is 1. The SMILES string of the molecule is COc1cc(C)c(Br)cc1C(Cl)CC1(OC)CCC1. The van der Waals surface area contributed by atoms with Crippen LogP contribution < -0.4 is 4.74 Å². The first kappa shape index (κ1) is 15.1. The lowest BCUT2D eigenvalue weighted by Crippen LogP contribution is -2.39. The number of hydrogen-bond acceptors (Lipinski definition) is 2. The third-order valence-corrected chi connectivity index (χ3v) is 5.34. The van der Waals surface area contributed by atoms with Crippen molar-refractivity contribution in [2.45, 2.75) is 43.6 Å². The van der Waals surface area contributed by atoms with E-state index in [1.165, 1.54) is 6.42 Å². The van der Waals surface area contributed by atoms with E-state index in [2.05, 4.69) is 22.0 Å². The maximum absolute atomic E-state index is 6.61. The Morgan fingerprint density at radius 2 is 2.05 bits per heavy atom. The molecule has 106 valence electrons. The molecule has 0 amide bonds. The Bertz CT molecular complexity index is 452. The van der Waals surface area contributed by atoms with E-state index in [1.807, 2.05) is 13.0 Å². The lowest BCUT2D eigenvalue weighted by Gasteiger charge is -2.42. The molecule has 0 aliphatic heterocycles. The van der Waals surface area contributed by atoms with Gasteiger partial charge in [-0.3, -0.25) is 0 Å². The smallest absolute Gasteiger partial charge is 0.123 e. The lowest BCUT2D eigenvalue weighted by molar-refractivity contribution is -0.0780. The minimum Gasteiger partial charge on any atom is -0.496 e. The van der Waals surface area contributed by atoms with E-state index in [-0.39, 0.29) is 11.0 Å². The van der Waals surface area contributed by atoms with E-state index in [4.69, 9.17) is 21.1 Å². The Morgan fingerprint density at radius 3 is 2.53 bits per heavy atom. The van der Waals surface area contributed by atoms with Crippen LogP contribution in [0.2, 0.25) is 0 Å². The topological polar surface area (TPSA) is 18.5 Å². The quantitative estimate of drug-likeness (QED) is 0.697. The Hall–Kier alpha value is -0.250. The monoisotopic (exact) mass is 346 g/mol. The normalized spacial score (nSPS) is 18.8. The standard InChI is InChI=1S/C15H20BrClO2/c1-10-7-14(18-2)11(8-12(10)16)13(17)9-15(19-3)5-4-6-15/h7-8,13H,4-6,9H2,1-3H3. The summed E-state index contributed by atoms with van der Waals surface area (Å²) >= 11 is 10.2. The fourth-order valence-electron chi connectivity index (χ4n) is 2.59. The summed E-state index contributed by atoms with van der Waals surface area (Å²) in [5.41, 5.74) is 2.15. The molecule has 4 heteroatoms. The highest BCUT2D eigenvalue weighted by Gasteiger charge is 2.39. The maximum atomic E-state index is 6.61. The summed E-state index contributed by atoms with van der Waals surface area (Å²) in [6, 6.07) is 4.09. The number of alkyl halides is 1. The average molecular weight is 348 g/mol. The van der Waals surface area contributed by atoms with Crippen molar-refractivity contribution in [2.24, 2.45) is 0 Å². The van der Waals surface area contributed by atoms with Crippen molar-refractivity contribution in [2.75, 3.05) is 14.2 Å². The molecule has 2 rings (SSSR count). The molecule has 0 aromatic heterocycles. The van der Waals surface area contributed by atoms with Crippen LogP contribution in [0, 0.1) is 6.92 Å². The molecule has 0 bridgehead atoms. The lowest BCUT2D eigenvalue weighted by atomic mass is 9.76. The van der Waals surface area contributed by atoms with Gasteiger partial charge in [-0.05, 0) is 50.3 Å². The van der Waals surface area contributed by atoms with Crippen molar-refractivity contribution in [3.63, 3.8) is 0 Å². The van der Waals surface area contributed by atoms with Crippen LogP contribution in [0.15, 0.2) is 16.6 Å². The molecular formula is C15H20BrClO2. The number of halogens is 2. The van der Waals surface area contributed by atoms with Gasteiger partial charge in [0.1, 0.15) is 5.75 Å². The minimum atomic E-state index is -0.0906. The summed E-state index contributed by atoms with van der Waals surface area (Å²) in [5, 5.41) is -0.0906. The van der Waals surface area contributed by atoms with Crippen molar-refractivity contribution in [1.29, 1.82) is 0 Å². The van der Waals surface area contributed by atoms with Gasteiger partial charge in [-0.15, -0.1) is 11.6 Å². The van der Waals surface area contributed by atoms with E-state index in [9.17, 15) is 0 Å². The molecule has 19 heavy (non-hydrogen) atoms. The first-order valence-electron chi connectivity index (χ1n) is 6.54. The molecule has 1 unspecified atom stereocenters. The van der Waals surface area contributed by atoms with Gasteiger partial charge in [0.05, 0.1) is 18.1 Å². The fraction of sp³-hybridized carbons (Fsp3) is 0.600. The minimum absolute atomic E-state index is 0.0329. The average Bonchev–Trinajstić information content (AvgIpc) is 2.36. The molecule has 1 aromatic rings. The number of hydrogen-bond donors (Lipinski definition) is 0. The summed E-state index contributed by atoms with van der Waals surface area (Å²) in [6.45, 7) is 2.04. The van der Waals surface area contributed by atoms with Crippen molar-refractivity contribution in [3.8, 4) is 5.75 Å². The van der Waals surface area contributed by atoms with Gasteiger partial charge in [0, 0.05) is 17.1 Å². The Kier molecular flexibility index (Phi) is 4.80. The Balaban J connectivity index is 2.23. The van der Waals surface area contributed by atoms with Crippen molar-refractivity contribution in [3.05, 3.63) is 27.7 Å². The predicted octanol–water partition coefficient (Wildman–Crippen LogP) is 5.01. The zero-order valence-electron chi connectivity index (χ0n) is 11.6. The van der Waals surface area contributed by atoms with Crippen molar-refractivity contribution >= 4 is 27.5 Å². The second kappa shape index (κ2) is 6.02. The molecule has 1 saturated carbocycles. The number of aryl methyl sites for hydroxylation is 1. The second-order valence-corrected chi connectivity index (χ2v) is 6.64. The van der Waals surface area contributed by atoms with E-state index >= 15 is 0 Å². The highest BCUT2D eigenvalue weighted by atomic mass is 79.9. The zero-order chi connectivity index (χ0) is 14.0. The van der Waals surface area contributed by atoms with Crippen molar-refractivity contribution < 1.29 is 9.47 Å².